The van der Waals surface area contributed by atoms with Gasteiger partial charge in [0.25, 0.3) is 0 Å². The summed E-state index contributed by atoms with van der Waals surface area (Å²) in [7, 11) is 0. The lowest BCUT2D eigenvalue weighted by atomic mass is 9.88. The Kier molecular flexibility index (Phi) is 7.55. The fourth-order valence-electron chi connectivity index (χ4n) is 4.69. The fraction of sp³-hybridized carbons (Fsp3) is 0.462. The van der Waals surface area contributed by atoms with E-state index in [2.05, 4.69) is 35.6 Å². The molecule has 0 bridgehead atoms. The van der Waals surface area contributed by atoms with Crippen molar-refractivity contribution in [3.63, 3.8) is 0 Å². The number of nitrogens with two attached hydrogens (primary N) is 1. The average Bonchev–Trinajstić information content (AvgIpc) is 3.62. The number of amides is 2. The molecule has 6 nitrogen and oxygen atoms in total. The van der Waals surface area contributed by atoms with Crippen LogP contribution in [0.2, 0.25) is 0 Å². The van der Waals surface area contributed by atoms with E-state index in [0.717, 1.165) is 24.9 Å². The molecule has 170 valence electrons. The molecule has 0 unspecified atom stereocenters. The van der Waals surface area contributed by atoms with Crippen LogP contribution in [0.1, 0.15) is 59.0 Å². The van der Waals surface area contributed by atoms with E-state index in [-0.39, 0.29) is 11.8 Å². The maximum absolute atomic E-state index is 13.4. The van der Waals surface area contributed by atoms with Gasteiger partial charge in [-0.3, -0.25) is 9.59 Å². The zero-order chi connectivity index (χ0) is 22.3. The molecule has 3 N–H and O–H groups in total. The number of rotatable bonds is 10. The SMILES string of the molecule is NC(=O)c1ccccc1[C@H](CCCCN[C@@H]1C[C@H]1c1ccccc1)C(=O)N1CCOCC1. The number of benzene rings is 2. The van der Waals surface area contributed by atoms with Crippen molar-refractivity contribution in [3.05, 3.63) is 71.3 Å². The van der Waals surface area contributed by atoms with Crippen molar-refractivity contribution in [1.82, 2.24) is 10.2 Å². The van der Waals surface area contributed by atoms with Gasteiger partial charge in [-0.2, -0.15) is 0 Å². The van der Waals surface area contributed by atoms with Gasteiger partial charge in [-0.25, -0.2) is 0 Å². The van der Waals surface area contributed by atoms with Gasteiger partial charge in [-0.15, -0.1) is 0 Å². The molecule has 2 aliphatic rings. The summed E-state index contributed by atoms with van der Waals surface area (Å²) in [5.74, 6) is -0.145. The van der Waals surface area contributed by atoms with E-state index in [1.807, 2.05) is 17.0 Å². The largest absolute Gasteiger partial charge is 0.378 e. The second kappa shape index (κ2) is 10.7. The first kappa shape index (κ1) is 22.5. The summed E-state index contributed by atoms with van der Waals surface area (Å²) >= 11 is 0. The van der Waals surface area contributed by atoms with Gasteiger partial charge in [0.05, 0.1) is 19.1 Å². The molecule has 0 radical (unpaired) electrons. The number of carbonyl (C=O) groups excluding carboxylic acids is 2. The van der Waals surface area contributed by atoms with Crippen molar-refractivity contribution in [2.75, 3.05) is 32.8 Å². The molecular weight excluding hydrogens is 402 g/mol. The highest BCUT2D eigenvalue weighted by atomic mass is 16.5. The molecule has 1 saturated heterocycles. The van der Waals surface area contributed by atoms with Crippen LogP contribution in [-0.2, 0) is 9.53 Å². The van der Waals surface area contributed by atoms with E-state index >= 15 is 0 Å². The molecule has 2 aromatic rings. The Morgan fingerprint density at radius 2 is 1.75 bits per heavy atom. The topological polar surface area (TPSA) is 84.7 Å². The predicted molar refractivity (Wildman–Crippen MR) is 125 cm³/mol. The average molecular weight is 436 g/mol. The number of unbranched alkanes of at least 4 members (excludes halogenated alkanes) is 1. The number of carbonyl (C=O) groups is 2. The van der Waals surface area contributed by atoms with Crippen LogP contribution in [0, 0.1) is 0 Å². The molecule has 1 saturated carbocycles. The van der Waals surface area contributed by atoms with E-state index in [1.165, 1.54) is 12.0 Å². The Balaban J connectivity index is 1.33. The van der Waals surface area contributed by atoms with E-state index in [1.54, 1.807) is 12.1 Å². The summed E-state index contributed by atoms with van der Waals surface area (Å²) in [6.07, 6.45) is 3.79. The van der Waals surface area contributed by atoms with Gasteiger partial charge >= 0.3 is 0 Å². The van der Waals surface area contributed by atoms with Gasteiger partial charge in [-0.1, -0.05) is 55.0 Å². The molecule has 0 spiro atoms. The third-order valence-corrected chi connectivity index (χ3v) is 6.57. The quantitative estimate of drug-likeness (QED) is 0.562. The molecule has 32 heavy (non-hydrogen) atoms. The smallest absolute Gasteiger partial charge is 0.249 e. The number of ether oxygens (including phenoxy) is 1. The zero-order valence-corrected chi connectivity index (χ0v) is 18.5. The summed E-state index contributed by atoms with van der Waals surface area (Å²) in [6, 6.07) is 18.5. The van der Waals surface area contributed by atoms with E-state index < -0.39 is 5.91 Å². The van der Waals surface area contributed by atoms with Crippen molar-refractivity contribution in [2.24, 2.45) is 5.73 Å². The molecule has 0 aromatic heterocycles. The first-order chi connectivity index (χ1) is 15.6. The summed E-state index contributed by atoms with van der Waals surface area (Å²) in [6.45, 7) is 3.24. The van der Waals surface area contributed by atoms with Crippen molar-refractivity contribution in [3.8, 4) is 0 Å². The van der Waals surface area contributed by atoms with Gasteiger partial charge in [0.1, 0.15) is 0 Å². The highest BCUT2D eigenvalue weighted by Crippen LogP contribution is 2.40. The maximum atomic E-state index is 13.4. The first-order valence-corrected chi connectivity index (χ1v) is 11.7. The second-order valence-electron chi connectivity index (χ2n) is 8.75. The van der Waals surface area contributed by atoms with Crippen molar-refractivity contribution in [1.29, 1.82) is 0 Å². The number of nitrogens with zero attached hydrogens (tertiary/aromatic N) is 1. The van der Waals surface area contributed by atoms with Crippen molar-refractivity contribution in [2.45, 2.75) is 43.6 Å². The van der Waals surface area contributed by atoms with E-state index in [9.17, 15) is 9.59 Å². The molecular formula is C26H33N3O3. The normalized spacial score (nSPS) is 21.2. The molecule has 1 aliphatic heterocycles. The Hall–Kier alpha value is -2.70. The van der Waals surface area contributed by atoms with Crippen LogP contribution < -0.4 is 11.1 Å². The summed E-state index contributed by atoms with van der Waals surface area (Å²) in [4.78, 5) is 27.2. The molecule has 6 heteroatoms. The molecule has 3 atom stereocenters. The zero-order valence-electron chi connectivity index (χ0n) is 18.5. The van der Waals surface area contributed by atoms with E-state index in [4.69, 9.17) is 10.5 Å². The van der Waals surface area contributed by atoms with Crippen LogP contribution in [0.15, 0.2) is 54.6 Å². The van der Waals surface area contributed by atoms with Crippen LogP contribution in [-0.4, -0.2) is 55.6 Å². The third-order valence-electron chi connectivity index (χ3n) is 6.57. The van der Waals surface area contributed by atoms with Gasteiger partial charge < -0.3 is 20.7 Å². The lowest BCUT2D eigenvalue weighted by Crippen LogP contribution is -2.43. The number of primary amides is 1. The number of morpholine rings is 1. The number of hydrogen-bond donors (Lipinski definition) is 2. The second-order valence-corrected chi connectivity index (χ2v) is 8.75. The van der Waals surface area contributed by atoms with Gasteiger partial charge in [0.2, 0.25) is 11.8 Å². The van der Waals surface area contributed by atoms with Crippen LogP contribution in [0.5, 0.6) is 0 Å². The lowest BCUT2D eigenvalue weighted by Gasteiger charge is -2.31. The van der Waals surface area contributed by atoms with E-state index in [0.29, 0.717) is 50.2 Å². The molecule has 1 aliphatic carbocycles. The van der Waals surface area contributed by atoms with Crippen LogP contribution >= 0.6 is 0 Å². The Morgan fingerprint density at radius 3 is 2.50 bits per heavy atom. The lowest BCUT2D eigenvalue weighted by molar-refractivity contribution is -0.137. The highest BCUT2D eigenvalue weighted by molar-refractivity contribution is 5.97. The standard InChI is InChI=1S/C26H33N3O3/c27-25(30)21-11-5-4-10-20(21)22(26(31)29-14-16-32-17-15-29)12-6-7-13-28-24-18-23(24)19-8-2-1-3-9-19/h1-5,8-11,22-24,28H,6-7,12-18H2,(H2,27,30)/t22-,23-,24+/m0/s1. The van der Waals surface area contributed by atoms with Crippen LogP contribution in [0.3, 0.4) is 0 Å². The number of nitrogens with one attached hydrogen (secondary N) is 1. The monoisotopic (exact) mass is 435 g/mol. The Morgan fingerprint density at radius 1 is 1.03 bits per heavy atom. The number of hydrogen-bond acceptors (Lipinski definition) is 4. The summed E-state index contributed by atoms with van der Waals surface area (Å²) in [5, 5.41) is 3.65. The van der Waals surface area contributed by atoms with Crippen LogP contribution in [0.25, 0.3) is 0 Å². The minimum atomic E-state index is -0.484. The van der Waals surface area contributed by atoms with Crippen molar-refractivity contribution < 1.29 is 14.3 Å². The molecule has 1 heterocycles. The van der Waals surface area contributed by atoms with Crippen molar-refractivity contribution >= 4 is 11.8 Å². The minimum absolute atomic E-state index is 0.0706. The molecule has 4 rings (SSSR count). The van der Waals surface area contributed by atoms with Crippen LogP contribution in [0.4, 0.5) is 0 Å². The summed E-state index contributed by atoms with van der Waals surface area (Å²) < 4.78 is 5.40. The third kappa shape index (κ3) is 5.56. The summed E-state index contributed by atoms with van der Waals surface area (Å²) in [5.41, 5.74) is 8.21. The molecule has 2 aromatic carbocycles. The minimum Gasteiger partial charge on any atom is -0.378 e. The Labute approximate surface area is 190 Å². The molecule has 2 amide bonds. The van der Waals surface area contributed by atoms with Gasteiger partial charge in [-0.05, 0) is 43.0 Å². The Bertz CT molecular complexity index is 912. The van der Waals surface area contributed by atoms with Gasteiger partial charge in [0.15, 0.2) is 0 Å². The van der Waals surface area contributed by atoms with Gasteiger partial charge in [0, 0.05) is 30.6 Å². The maximum Gasteiger partial charge on any atom is 0.249 e. The highest BCUT2D eigenvalue weighted by Gasteiger charge is 2.37. The molecule has 2 fully saturated rings. The fourth-order valence-corrected chi connectivity index (χ4v) is 4.69. The first-order valence-electron chi connectivity index (χ1n) is 11.7. The predicted octanol–water partition coefficient (Wildman–Crippen LogP) is 3.04.